The van der Waals surface area contributed by atoms with E-state index in [2.05, 4.69) is 45.0 Å². The summed E-state index contributed by atoms with van der Waals surface area (Å²) >= 11 is 0. The van der Waals surface area contributed by atoms with Gasteiger partial charge in [0.15, 0.2) is 11.6 Å². The van der Waals surface area contributed by atoms with E-state index in [1.807, 2.05) is 32.9 Å². The van der Waals surface area contributed by atoms with Gasteiger partial charge in [-0.15, -0.1) is 6.42 Å². The lowest BCUT2D eigenvalue weighted by molar-refractivity contribution is -0.172. The lowest BCUT2D eigenvalue weighted by atomic mass is 9.34. The van der Waals surface area contributed by atoms with Crippen molar-refractivity contribution in [3.05, 3.63) is 23.3 Å². The normalized spacial score (nSPS) is 46.1. The number of ketones is 2. The van der Waals surface area contributed by atoms with Gasteiger partial charge in [0.2, 0.25) is 5.91 Å². The first-order valence-corrected chi connectivity index (χ1v) is 14.7. The van der Waals surface area contributed by atoms with Gasteiger partial charge in [0.25, 0.3) is 0 Å². The minimum Gasteiger partial charge on any atom is -0.345 e. The number of hydrogen-bond acceptors (Lipinski definition) is 4. The van der Waals surface area contributed by atoms with Gasteiger partial charge in [-0.3, -0.25) is 14.4 Å². The van der Waals surface area contributed by atoms with E-state index < -0.39 is 16.2 Å². The van der Waals surface area contributed by atoms with Gasteiger partial charge in [0.05, 0.1) is 12.1 Å². The van der Waals surface area contributed by atoms with Crippen LogP contribution < -0.4 is 5.32 Å². The summed E-state index contributed by atoms with van der Waals surface area (Å²) in [5.74, 6) is 2.57. The number of carbonyl (C=O) groups excluding carboxylic acids is 3. The number of amides is 1. The first-order chi connectivity index (χ1) is 18.0. The molecule has 39 heavy (non-hydrogen) atoms. The number of hydrogen-bond donors (Lipinski definition) is 1. The molecule has 0 aromatic rings. The van der Waals surface area contributed by atoms with Crippen LogP contribution in [0.4, 0.5) is 0 Å². The van der Waals surface area contributed by atoms with Crippen molar-refractivity contribution in [2.45, 2.75) is 93.4 Å². The van der Waals surface area contributed by atoms with Gasteiger partial charge in [-0.2, -0.15) is 5.26 Å². The number of fused-ring (bicyclic) bond motifs is 7. The predicted molar refractivity (Wildman–Crippen MR) is 151 cm³/mol. The summed E-state index contributed by atoms with van der Waals surface area (Å²) in [6.45, 7) is 15.4. The monoisotopic (exact) mass is 528 g/mol. The van der Waals surface area contributed by atoms with Crippen molar-refractivity contribution >= 4 is 17.5 Å². The van der Waals surface area contributed by atoms with Crippen molar-refractivity contribution < 1.29 is 14.4 Å². The second-order valence-corrected chi connectivity index (χ2v) is 15.2. The largest absolute Gasteiger partial charge is 0.345 e. The number of nitrogens with one attached hydrogen (secondary N) is 1. The van der Waals surface area contributed by atoms with Gasteiger partial charge in [-0.25, -0.2) is 0 Å². The van der Waals surface area contributed by atoms with Crippen LogP contribution in [0.2, 0.25) is 0 Å². The minimum absolute atomic E-state index is 0.00299. The highest BCUT2D eigenvalue weighted by molar-refractivity contribution is 6.04. The molecule has 5 heteroatoms. The van der Waals surface area contributed by atoms with E-state index in [1.165, 1.54) is 0 Å². The second kappa shape index (κ2) is 8.42. The Kier molecular flexibility index (Phi) is 6.02. The van der Waals surface area contributed by atoms with Crippen molar-refractivity contribution in [2.75, 3.05) is 6.54 Å². The number of nitriles is 1. The number of nitrogens with zero attached hydrogens (tertiary/aromatic N) is 1. The zero-order valence-corrected chi connectivity index (χ0v) is 24.8. The average Bonchev–Trinajstić information content (AvgIpc) is 2.87. The summed E-state index contributed by atoms with van der Waals surface area (Å²) in [7, 11) is 0. The van der Waals surface area contributed by atoms with Crippen molar-refractivity contribution in [3.8, 4) is 18.4 Å². The molecule has 3 saturated carbocycles. The van der Waals surface area contributed by atoms with Crippen LogP contribution in [0.3, 0.4) is 0 Å². The van der Waals surface area contributed by atoms with Gasteiger partial charge in [0.1, 0.15) is 6.07 Å². The summed E-state index contributed by atoms with van der Waals surface area (Å²) < 4.78 is 0. The maximum absolute atomic E-state index is 14.4. The van der Waals surface area contributed by atoms with Crippen molar-refractivity contribution in [1.29, 1.82) is 5.26 Å². The zero-order chi connectivity index (χ0) is 28.8. The molecule has 5 rings (SSSR count). The summed E-state index contributed by atoms with van der Waals surface area (Å²) in [6, 6.07) is 2.18. The molecule has 1 unspecified atom stereocenters. The fourth-order valence-electron chi connectivity index (χ4n) is 10.3. The van der Waals surface area contributed by atoms with E-state index in [0.29, 0.717) is 6.42 Å². The Hall–Kier alpha value is -2.66. The molecule has 0 aromatic carbocycles. The Labute approximate surface area is 234 Å². The van der Waals surface area contributed by atoms with Crippen LogP contribution in [0.15, 0.2) is 23.3 Å². The number of rotatable bonds is 2. The van der Waals surface area contributed by atoms with Crippen molar-refractivity contribution in [3.63, 3.8) is 0 Å². The Morgan fingerprint density at radius 2 is 1.72 bits per heavy atom. The molecule has 0 aliphatic heterocycles. The predicted octanol–water partition coefficient (Wildman–Crippen LogP) is 5.96. The highest BCUT2D eigenvalue weighted by Gasteiger charge is 2.69. The molecule has 3 fully saturated rings. The standard InChI is InChI=1S/C34H44N2O3/c1-9-16-36-28(39)31(5)13-12-30(4)14-15-34(8)26(22(30)19-31)23(37)17-25-32(6)18-21(20-35)27(38)29(2,3)24(32)10-11-33(25,34)7/h1,17-18,22,24,26H,10-16,19H2,2-8H3,(H,36,39)/t22-,24-,26?,30+,31-,32-,33+,34+/m0/s1. The summed E-state index contributed by atoms with van der Waals surface area (Å²) in [5, 5.41) is 12.8. The molecule has 0 spiro atoms. The first-order valence-electron chi connectivity index (χ1n) is 14.7. The average molecular weight is 529 g/mol. The molecular weight excluding hydrogens is 484 g/mol. The van der Waals surface area contributed by atoms with Crippen LogP contribution in [0.1, 0.15) is 93.4 Å². The molecular formula is C34H44N2O3. The third kappa shape index (κ3) is 3.47. The molecule has 0 aromatic heterocycles. The third-order valence-corrected chi connectivity index (χ3v) is 13.0. The van der Waals surface area contributed by atoms with Gasteiger partial charge < -0.3 is 5.32 Å². The molecule has 208 valence electrons. The molecule has 5 aliphatic rings. The maximum atomic E-state index is 14.4. The third-order valence-electron chi connectivity index (χ3n) is 13.0. The Bertz CT molecular complexity index is 1310. The van der Waals surface area contributed by atoms with E-state index in [4.69, 9.17) is 6.42 Å². The molecule has 8 atom stereocenters. The van der Waals surface area contributed by atoms with Crippen molar-refractivity contribution in [2.24, 2.45) is 50.2 Å². The SMILES string of the molecule is C#CCNC(=O)[C@@]1(C)CC[C@]2(C)CC[C@]3(C)C(C(=O)C=C4[C@@]5(C)C=C(C#N)C(=O)C(C)(C)[C@@H]5CC[C@]43C)[C@@H]2C1. The molecule has 0 radical (unpaired) electrons. The minimum atomic E-state index is -0.667. The number of allylic oxidation sites excluding steroid dienone is 4. The first kappa shape index (κ1) is 27.9. The lowest BCUT2D eigenvalue weighted by Crippen LogP contribution is -2.65. The van der Waals surface area contributed by atoms with Crippen LogP contribution in [0, 0.1) is 73.9 Å². The highest BCUT2D eigenvalue weighted by atomic mass is 16.2. The second-order valence-electron chi connectivity index (χ2n) is 15.2. The molecule has 5 aliphatic carbocycles. The van der Waals surface area contributed by atoms with Crippen LogP contribution in [0.5, 0.6) is 0 Å². The maximum Gasteiger partial charge on any atom is 0.226 e. The van der Waals surface area contributed by atoms with Crippen LogP contribution in [-0.4, -0.2) is 24.0 Å². The number of terminal acetylenes is 1. The highest BCUT2D eigenvalue weighted by Crippen LogP contribution is 2.74. The quantitative estimate of drug-likeness (QED) is 0.448. The van der Waals surface area contributed by atoms with Crippen molar-refractivity contribution in [1.82, 2.24) is 5.32 Å². The van der Waals surface area contributed by atoms with E-state index in [1.54, 1.807) is 0 Å². The number of carbonyl (C=O) groups is 3. The van der Waals surface area contributed by atoms with Crippen LogP contribution in [-0.2, 0) is 14.4 Å². The van der Waals surface area contributed by atoms with Gasteiger partial charge in [-0.1, -0.05) is 66.0 Å². The summed E-state index contributed by atoms with van der Waals surface area (Å²) in [6.07, 6.45) is 15.4. The van der Waals surface area contributed by atoms with Gasteiger partial charge in [-0.05, 0) is 79.1 Å². The van der Waals surface area contributed by atoms with Gasteiger partial charge >= 0.3 is 0 Å². The topological polar surface area (TPSA) is 87.0 Å². The molecule has 1 N–H and O–H groups in total. The Morgan fingerprint density at radius 1 is 1.05 bits per heavy atom. The summed E-state index contributed by atoms with van der Waals surface area (Å²) in [4.78, 5) is 40.9. The molecule has 0 saturated heterocycles. The molecule has 1 amide bonds. The molecule has 0 heterocycles. The van der Waals surface area contributed by atoms with E-state index in [-0.39, 0.29) is 63.6 Å². The Morgan fingerprint density at radius 3 is 2.36 bits per heavy atom. The van der Waals surface area contributed by atoms with E-state index in [9.17, 15) is 19.6 Å². The van der Waals surface area contributed by atoms with Crippen LogP contribution >= 0.6 is 0 Å². The van der Waals surface area contributed by atoms with E-state index >= 15 is 0 Å². The summed E-state index contributed by atoms with van der Waals surface area (Å²) in [5.41, 5.74) is -0.917. The van der Waals surface area contributed by atoms with E-state index in [0.717, 1.165) is 44.1 Å². The molecule has 0 bridgehead atoms. The molecule has 5 nitrogen and oxygen atoms in total. The Balaban J connectivity index is 1.62. The zero-order valence-electron chi connectivity index (χ0n) is 24.8. The lowest BCUT2D eigenvalue weighted by Gasteiger charge is -2.69. The smallest absolute Gasteiger partial charge is 0.226 e. The fourth-order valence-corrected chi connectivity index (χ4v) is 10.3. The van der Waals surface area contributed by atoms with Crippen LogP contribution in [0.25, 0.3) is 0 Å². The number of Topliss-reactive ketones (excluding diaryl/α,β-unsaturated/α-hetero) is 1. The fraction of sp³-hybridized carbons (Fsp3) is 0.706. The van der Waals surface area contributed by atoms with Gasteiger partial charge in [0, 0.05) is 22.2 Å².